The normalized spacial score (nSPS) is 22.2. The molecule has 1 saturated carbocycles. The lowest BCUT2D eigenvalue weighted by molar-refractivity contribution is -0.177. The number of carbonyl (C=O) groups excluding carboxylic acids is 2. The van der Waals surface area contributed by atoms with E-state index in [1.807, 2.05) is 46.9 Å². The SMILES string of the molecule is C=C(C)c1cccc(C)c1.CC(=O)N(C)c1ccc(CCN2C3CCC34COCC24)cc1.CCC(=O)NC(C)C. The van der Waals surface area contributed by atoms with Crippen LogP contribution in [-0.4, -0.2) is 61.6 Å². The van der Waals surface area contributed by atoms with Gasteiger partial charge in [-0.1, -0.05) is 61.0 Å². The predicted molar refractivity (Wildman–Crippen MR) is 165 cm³/mol. The summed E-state index contributed by atoms with van der Waals surface area (Å²) in [6.45, 7) is 18.4. The van der Waals surface area contributed by atoms with Crippen LogP contribution in [0.25, 0.3) is 5.57 Å². The van der Waals surface area contributed by atoms with Gasteiger partial charge in [0, 0.05) is 56.2 Å². The number of allylic oxidation sites excluding steroid dienone is 1. The van der Waals surface area contributed by atoms with Crippen LogP contribution in [0.3, 0.4) is 0 Å². The van der Waals surface area contributed by atoms with Gasteiger partial charge < -0.3 is 15.0 Å². The Balaban J connectivity index is 0.000000204. The van der Waals surface area contributed by atoms with Gasteiger partial charge in [-0.15, -0.1) is 0 Å². The van der Waals surface area contributed by atoms with Gasteiger partial charge in [0.2, 0.25) is 11.8 Å². The third-order valence-electron chi connectivity index (χ3n) is 8.39. The molecule has 3 atom stereocenters. The second kappa shape index (κ2) is 14.1. The van der Waals surface area contributed by atoms with E-state index in [4.69, 9.17) is 4.74 Å². The monoisotopic (exact) mass is 547 g/mol. The quantitative estimate of drug-likeness (QED) is 0.460. The van der Waals surface area contributed by atoms with Gasteiger partial charge in [-0.05, 0) is 70.2 Å². The highest BCUT2D eigenvalue weighted by molar-refractivity contribution is 5.90. The van der Waals surface area contributed by atoms with Crippen molar-refractivity contribution < 1.29 is 14.3 Å². The molecule has 6 heteroatoms. The highest BCUT2D eigenvalue weighted by atomic mass is 16.5. The van der Waals surface area contributed by atoms with E-state index < -0.39 is 0 Å². The van der Waals surface area contributed by atoms with E-state index >= 15 is 0 Å². The number of nitrogens with one attached hydrogen (secondary N) is 1. The fourth-order valence-electron chi connectivity index (χ4n) is 5.85. The van der Waals surface area contributed by atoms with Crippen molar-refractivity contribution >= 4 is 23.1 Å². The molecule has 2 amide bonds. The van der Waals surface area contributed by atoms with Gasteiger partial charge in [0.25, 0.3) is 0 Å². The maximum absolute atomic E-state index is 11.4. The molecule has 3 fully saturated rings. The molecule has 40 heavy (non-hydrogen) atoms. The predicted octanol–water partition coefficient (Wildman–Crippen LogP) is 6.02. The van der Waals surface area contributed by atoms with Crippen molar-refractivity contribution in [3.05, 3.63) is 71.8 Å². The number of aryl methyl sites for hydroxylation is 1. The van der Waals surface area contributed by atoms with Crippen LogP contribution in [-0.2, 0) is 20.7 Å². The van der Waals surface area contributed by atoms with E-state index in [1.165, 1.54) is 29.5 Å². The number of anilines is 1. The summed E-state index contributed by atoms with van der Waals surface area (Å²) in [5.41, 5.74) is 6.50. The van der Waals surface area contributed by atoms with E-state index in [9.17, 15) is 9.59 Å². The van der Waals surface area contributed by atoms with Crippen LogP contribution in [0.1, 0.15) is 70.6 Å². The molecule has 6 nitrogen and oxygen atoms in total. The Hall–Kier alpha value is -2.96. The molecule has 1 aliphatic carbocycles. The van der Waals surface area contributed by atoms with Gasteiger partial charge in [0.1, 0.15) is 0 Å². The molecular weight excluding hydrogens is 498 g/mol. The van der Waals surface area contributed by atoms with Crippen molar-refractivity contribution in [3.8, 4) is 0 Å². The lowest BCUT2D eigenvalue weighted by Crippen LogP contribution is -2.76. The van der Waals surface area contributed by atoms with E-state index in [-0.39, 0.29) is 17.9 Å². The van der Waals surface area contributed by atoms with E-state index in [2.05, 4.69) is 60.1 Å². The fraction of sp³-hybridized carbons (Fsp3) is 0.529. The Bertz CT molecular complexity index is 1160. The van der Waals surface area contributed by atoms with Crippen molar-refractivity contribution in [1.29, 1.82) is 0 Å². The van der Waals surface area contributed by atoms with Crippen molar-refractivity contribution in [2.45, 2.75) is 85.4 Å². The zero-order valence-electron chi connectivity index (χ0n) is 25.6. The summed E-state index contributed by atoms with van der Waals surface area (Å²) in [6, 6.07) is 18.5. The minimum absolute atomic E-state index is 0.0656. The average Bonchev–Trinajstić information content (AvgIpc) is 3.35. The van der Waals surface area contributed by atoms with E-state index in [0.29, 0.717) is 17.9 Å². The van der Waals surface area contributed by atoms with Crippen molar-refractivity contribution in [2.75, 3.05) is 31.7 Å². The molecule has 218 valence electrons. The first-order valence-electron chi connectivity index (χ1n) is 14.7. The molecule has 1 spiro atoms. The first-order chi connectivity index (χ1) is 19.0. The van der Waals surface area contributed by atoms with Crippen LogP contribution in [0.4, 0.5) is 5.69 Å². The number of nitrogens with zero attached hydrogens (tertiary/aromatic N) is 2. The zero-order chi connectivity index (χ0) is 29.4. The molecule has 0 aromatic heterocycles. The molecule has 2 saturated heterocycles. The number of carbonyl (C=O) groups is 2. The average molecular weight is 548 g/mol. The molecule has 1 N–H and O–H groups in total. The van der Waals surface area contributed by atoms with Gasteiger partial charge in [0.05, 0.1) is 13.2 Å². The van der Waals surface area contributed by atoms with Crippen LogP contribution in [0.2, 0.25) is 0 Å². The Morgan fingerprint density at radius 1 is 1.15 bits per heavy atom. The van der Waals surface area contributed by atoms with Crippen LogP contribution in [0.15, 0.2) is 55.1 Å². The Morgan fingerprint density at radius 3 is 2.33 bits per heavy atom. The maximum Gasteiger partial charge on any atom is 0.223 e. The molecule has 0 bridgehead atoms. The van der Waals surface area contributed by atoms with Crippen LogP contribution < -0.4 is 10.2 Å². The first kappa shape index (κ1) is 31.6. The lowest BCUT2D eigenvalue weighted by atomic mass is 9.53. The minimum Gasteiger partial charge on any atom is -0.379 e. The van der Waals surface area contributed by atoms with Crippen molar-refractivity contribution in [3.63, 3.8) is 0 Å². The molecule has 3 aliphatic rings. The Morgan fingerprint density at radius 2 is 1.85 bits per heavy atom. The fourth-order valence-corrected chi connectivity index (χ4v) is 5.85. The third kappa shape index (κ3) is 7.61. The number of piperidine rings is 1. The van der Waals surface area contributed by atoms with Gasteiger partial charge in [-0.25, -0.2) is 0 Å². The summed E-state index contributed by atoms with van der Waals surface area (Å²) in [5, 5.41) is 2.75. The van der Waals surface area contributed by atoms with Crippen molar-refractivity contribution in [2.24, 2.45) is 5.41 Å². The van der Waals surface area contributed by atoms with Crippen molar-refractivity contribution in [1.82, 2.24) is 10.2 Å². The molecular formula is C34H49N3O3. The van der Waals surface area contributed by atoms with E-state index in [1.54, 1.807) is 11.8 Å². The highest BCUT2D eigenvalue weighted by Crippen LogP contribution is 2.60. The zero-order valence-corrected chi connectivity index (χ0v) is 25.6. The maximum atomic E-state index is 11.4. The molecule has 3 unspecified atom stereocenters. The number of ether oxygens (including phenoxy) is 1. The number of benzene rings is 2. The molecule has 2 aliphatic heterocycles. The molecule has 2 heterocycles. The number of amides is 2. The number of likely N-dealkylation sites (tertiary alicyclic amines) is 1. The first-order valence-corrected chi connectivity index (χ1v) is 14.7. The summed E-state index contributed by atoms with van der Waals surface area (Å²) < 4.78 is 5.72. The Labute approximate surface area is 241 Å². The van der Waals surface area contributed by atoms with Gasteiger partial charge >= 0.3 is 0 Å². The second-order valence-corrected chi connectivity index (χ2v) is 11.8. The Kier molecular flexibility index (Phi) is 11.1. The number of hydrogen-bond acceptors (Lipinski definition) is 4. The molecule has 2 aromatic rings. The summed E-state index contributed by atoms with van der Waals surface area (Å²) in [6.07, 6.45) is 4.37. The van der Waals surface area contributed by atoms with Gasteiger partial charge in [-0.3, -0.25) is 14.5 Å². The molecule has 5 rings (SSSR count). The topological polar surface area (TPSA) is 61.9 Å². The highest BCUT2D eigenvalue weighted by Gasteiger charge is 2.67. The largest absolute Gasteiger partial charge is 0.379 e. The van der Waals surface area contributed by atoms with E-state index in [0.717, 1.165) is 43.5 Å². The summed E-state index contributed by atoms with van der Waals surface area (Å²) in [7, 11) is 1.81. The number of rotatable bonds is 7. The lowest BCUT2D eigenvalue weighted by Gasteiger charge is -2.67. The number of hydrogen-bond donors (Lipinski definition) is 1. The van der Waals surface area contributed by atoms with Crippen LogP contribution in [0, 0.1) is 12.3 Å². The third-order valence-corrected chi connectivity index (χ3v) is 8.39. The van der Waals surface area contributed by atoms with Crippen LogP contribution in [0.5, 0.6) is 0 Å². The van der Waals surface area contributed by atoms with Gasteiger partial charge in [-0.2, -0.15) is 0 Å². The summed E-state index contributed by atoms with van der Waals surface area (Å²) in [4.78, 5) is 26.2. The molecule has 0 radical (unpaired) electrons. The van der Waals surface area contributed by atoms with Gasteiger partial charge in [0.15, 0.2) is 0 Å². The summed E-state index contributed by atoms with van der Waals surface area (Å²) in [5.74, 6) is 0.191. The molecule has 2 aromatic carbocycles. The minimum atomic E-state index is 0.0656. The summed E-state index contributed by atoms with van der Waals surface area (Å²) >= 11 is 0. The van der Waals surface area contributed by atoms with Crippen LogP contribution >= 0.6 is 0 Å². The standard InChI is InChI=1S/C18H24N2O2.C10H12.C6H13NO/c1-13(21)19(2)15-5-3-14(4-6-15)8-10-20-16-7-9-18(16)12-22-11-17(18)20;1-8(2)10-6-4-5-9(3)7-10;1-4-6(8)7-5(2)3/h3-6,16-17H,7-12H2,1-2H3;4-7H,1H2,2-3H3;5H,4H2,1-3H3,(H,7,8). The second-order valence-electron chi connectivity index (χ2n) is 11.8. The smallest absolute Gasteiger partial charge is 0.223 e.